The average Bonchev–Trinajstić information content (AvgIpc) is 2.92. The Morgan fingerprint density at radius 2 is 2.43 bits per heavy atom. The molecule has 1 aromatic rings. The van der Waals surface area contributed by atoms with E-state index in [2.05, 4.69) is 29.5 Å². The lowest BCUT2D eigenvalue weighted by atomic mass is 10.3. The number of nitrogens with zero attached hydrogens (tertiary/aromatic N) is 3. The summed E-state index contributed by atoms with van der Waals surface area (Å²) < 4.78 is 1.95. The average molecular weight is 194 g/mol. The number of rotatable bonds is 5. The molecule has 0 bridgehead atoms. The molecule has 14 heavy (non-hydrogen) atoms. The van der Waals surface area contributed by atoms with E-state index in [0.717, 1.165) is 24.7 Å². The second-order valence-corrected chi connectivity index (χ2v) is 4.10. The lowest BCUT2D eigenvalue weighted by molar-refractivity contribution is 0.464. The minimum absolute atomic E-state index is 0.456. The van der Waals surface area contributed by atoms with Gasteiger partial charge >= 0.3 is 0 Å². The van der Waals surface area contributed by atoms with Crippen molar-refractivity contribution >= 4 is 0 Å². The van der Waals surface area contributed by atoms with Crippen molar-refractivity contribution in [2.45, 2.75) is 51.7 Å². The van der Waals surface area contributed by atoms with Crippen LogP contribution in [0.2, 0.25) is 0 Å². The van der Waals surface area contributed by atoms with E-state index in [-0.39, 0.29) is 0 Å². The molecule has 0 aromatic carbocycles. The van der Waals surface area contributed by atoms with Gasteiger partial charge in [-0.15, -0.1) is 5.10 Å². The lowest BCUT2D eigenvalue weighted by Gasteiger charge is -2.06. The van der Waals surface area contributed by atoms with Crippen LogP contribution in [0.1, 0.15) is 44.8 Å². The molecule has 1 atom stereocenters. The van der Waals surface area contributed by atoms with Crippen LogP contribution in [0.5, 0.6) is 0 Å². The fraction of sp³-hybridized carbons (Fsp3) is 0.800. The predicted octanol–water partition coefficient (Wildman–Crippen LogP) is 1.50. The Morgan fingerprint density at radius 1 is 1.64 bits per heavy atom. The van der Waals surface area contributed by atoms with Crippen molar-refractivity contribution < 1.29 is 0 Å². The molecule has 1 aliphatic carbocycles. The molecule has 1 unspecified atom stereocenters. The van der Waals surface area contributed by atoms with E-state index in [1.807, 2.05) is 10.9 Å². The first-order valence-electron chi connectivity index (χ1n) is 5.43. The number of hydrogen-bond acceptors (Lipinski definition) is 3. The molecule has 4 heteroatoms. The summed E-state index contributed by atoms with van der Waals surface area (Å²) in [4.78, 5) is 0. The third-order valence-electron chi connectivity index (χ3n) is 2.75. The highest BCUT2D eigenvalue weighted by atomic mass is 15.4. The van der Waals surface area contributed by atoms with Crippen LogP contribution >= 0.6 is 0 Å². The minimum Gasteiger partial charge on any atom is -0.308 e. The Morgan fingerprint density at radius 3 is 3.07 bits per heavy atom. The maximum Gasteiger partial charge on any atom is 0.0965 e. The molecule has 2 rings (SSSR count). The molecule has 4 nitrogen and oxygen atoms in total. The Balaban J connectivity index is 1.87. The van der Waals surface area contributed by atoms with Crippen LogP contribution in [0, 0.1) is 0 Å². The van der Waals surface area contributed by atoms with E-state index in [0.29, 0.717) is 6.04 Å². The first-order valence-corrected chi connectivity index (χ1v) is 5.43. The molecule has 78 valence electrons. The summed E-state index contributed by atoms with van der Waals surface area (Å²) in [6.45, 7) is 5.18. The Labute approximate surface area is 84.7 Å². The second-order valence-electron chi connectivity index (χ2n) is 4.10. The van der Waals surface area contributed by atoms with Crippen LogP contribution in [0.25, 0.3) is 0 Å². The van der Waals surface area contributed by atoms with E-state index < -0.39 is 0 Å². The van der Waals surface area contributed by atoms with Gasteiger partial charge in [0.05, 0.1) is 17.9 Å². The molecule has 0 radical (unpaired) electrons. The van der Waals surface area contributed by atoms with Gasteiger partial charge in [0.15, 0.2) is 0 Å². The monoisotopic (exact) mass is 194 g/mol. The van der Waals surface area contributed by atoms with Gasteiger partial charge < -0.3 is 5.32 Å². The third kappa shape index (κ3) is 2.32. The molecule has 1 heterocycles. The fourth-order valence-electron chi connectivity index (χ4n) is 1.33. The fourth-order valence-corrected chi connectivity index (χ4v) is 1.33. The number of aromatic nitrogens is 3. The third-order valence-corrected chi connectivity index (χ3v) is 2.75. The molecule has 1 aliphatic rings. The van der Waals surface area contributed by atoms with Gasteiger partial charge in [-0.2, -0.15) is 0 Å². The smallest absolute Gasteiger partial charge is 0.0965 e. The normalized spacial score (nSPS) is 18.4. The van der Waals surface area contributed by atoms with E-state index in [9.17, 15) is 0 Å². The molecule has 1 fully saturated rings. The molecular formula is C10H18N4. The Kier molecular flexibility index (Phi) is 2.82. The summed E-state index contributed by atoms with van der Waals surface area (Å²) in [5.74, 6) is 0. The molecule has 1 saturated carbocycles. The van der Waals surface area contributed by atoms with Gasteiger partial charge in [-0.05, 0) is 26.2 Å². The van der Waals surface area contributed by atoms with Gasteiger partial charge in [0.1, 0.15) is 0 Å². The zero-order valence-electron chi connectivity index (χ0n) is 8.90. The maximum atomic E-state index is 4.14. The highest BCUT2D eigenvalue weighted by molar-refractivity contribution is 4.94. The Bertz CT molecular complexity index is 290. The molecule has 1 N–H and O–H groups in total. The van der Waals surface area contributed by atoms with Crippen LogP contribution < -0.4 is 5.32 Å². The van der Waals surface area contributed by atoms with Crippen LogP contribution in [0.3, 0.4) is 0 Å². The van der Waals surface area contributed by atoms with Crippen molar-refractivity contribution in [2.24, 2.45) is 0 Å². The van der Waals surface area contributed by atoms with Crippen LogP contribution in [0.4, 0.5) is 0 Å². The molecule has 0 spiro atoms. The van der Waals surface area contributed by atoms with Gasteiger partial charge in [0, 0.05) is 12.6 Å². The second kappa shape index (κ2) is 4.09. The van der Waals surface area contributed by atoms with Crippen LogP contribution in [-0.2, 0) is 6.54 Å². The summed E-state index contributed by atoms with van der Waals surface area (Å²) in [6, 6.07) is 1.20. The van der Waals surface area contributed by atoms with Gasteiger partial charge in [-0.25, -0.2) is 4.68 Å². The molecular weight excluding hydrogens is 176 g/mol. The predicted molar refractivity (Wildman–Crippen MR) is 54.9 cm³/mol. The molecule has 1 aromatic heterocycles. The molecule has 0 aliphatic heterocycles. The summed E-state index contributed by atoms with van der Waals surface area (Å²) in [7, 11) is 0. The molecule has 0 amide bonds. The van der Waals surface area contributed by atoms with E-state index in [1.165, 1.54) is 12.8 Å². The lowest BCUT2D eigenvalue weighted by Crippen LogP contribution is -2.15. The largest absolute Gasteiger partial charge is 0.308 e. The van der Waals surface area contributed by atoms with Gasteiger partial charge in [-0.3, -0.25) is 0 Å². The first kappa shape index (κ1) is 9.65. The molecule has 0 saturated heterocycles. The van der Waals surface area contributed by atoms with Gasteiger partial charge in [0.25, 0.3) is 0 Å². The number of nitrogens with one attached hydrogen (secondary N) is 1. The van der Waals surface area contributed by atoms with Crippen LogP contribution in [-0.4, -0.2) is 21.0 Å². The van der Waals surface area contributed by atoms with E-state index in [4.69, 9.17) is 0 Å². The van der Waals surface area contributed by atoms with Crippen molar-refractivity contribution in [1.82, 2.24) is 20.3 Å². The van der Waals surface area contributed by atoms with Crippen LogP contribution in [0.15, 0.2) is 6.20 Å². The van der Waals surface area contributed by atoms with Gasteiger partial charge in [0.2, 0.25) is 0 Å². The Hall–Kier alpha value is -0.900. The summed E-state index contributed by atoms with van der Waals surface area (Å²) in [5, 5.41) is 11.7. The van der Waals surface area contributed by atoms with Gasteiger partial charge in [-0.1, -0.05) is 12.1 Å². The standard InChI is InChI=1S/C10H18N4/c1-3-8(2)14-7-10(12-13-14)6-11-9-4-5-9/h7-9,11H,3-6H2,1-2H3. The number of hydrogen-bond donors (Lipinski definition) is 1. The SMILES string of the molecule is CCC(C)n1cc(CNC2CC2)nn1. The topological polar surface area (TPSA) is 42.7 Å². The van der Waals surface area contributed by atoms with Crippen molar-refractivity contribution in [1.29, 1.82) is 0 Å². The summed E-state index contributed by atoms with van der Waals surface area (Å²) >= 11 is 0. The zero-order valence-corrected chi connectivity index (χ0v) is 8.90. The quantitative estimate of drug-likeness (QED) is 0.772. The van der Waals surface area contributed by atoms with E-state index >= 15 is 0 Å². The van der Waals surface area contributed by atoms with Crippen molar-refractivity contribution in [3.8, 4) is 0 Å². The zero-order chi connectivity index (χ0) is 9.97. The van der Waals surface area contributed by atoms with Crippen molar-refractivity contribution in [2.75, 3.05) is 0 Å². The minimum atomic E-state index is 0.456. The summed E-state index contributed by atoms with van der Waals surface area (Å²) in [6.07, 6.45) is 5.78. The highest BCUT2D eigenvalue weighted by Gasteiger charge is 2.20. The maximum absolute atomic E-state index is 4.14. The van der Waals surface area contributed by atoms with E-state index in [1.54, 1.807) is 0 Å². The first-order chi connectivity index (χ1) is 6.79. The van der Waals surface area contributed by atoms with Crippen molar-refractivity contribution in [3.05, 3.63) is 11.9 Å². The summed E-state index contributed by atoms with van der Waals surface area (Å²) in [5.41, 5.74) is 1.05. The highest BCUT2D eigenvalue weighted by Crippen LogP contribution is 2.19. The van der Waals surface area contributed by atoms with Crippen molar-refractivity contribution in [3.63, 3.8) is 0 Å².